The topological polar surface area (TPSA) is 98.8 Å². The van der Waals surface area contributed by atoms with Crippen LogP contribution in [0.2, 0.25) is 0 Å². The van der Waals surface area contributed by atoms with Gasteiger partial charge in [-0.05, 0) is 18.2 Å². The van der Waals surface area contributed by atoms with Gasteiger partial charge in [-0.3, -0.25) is 4.79 Å². The predicted octanol–water partition coefficient (Wildman–Crippen LogP) is 4.82. The highest BCUT2D eigenvalue weighted by molar-refractivity contribution is 5.92. The van der Waals surface area contributed by atoms with E-state index >= 15 is 0 Å². The lowest BCUT2D eigenvalue weighted by Crippen LogP contribution is -2.13. The first-order valence-electron chi connectivity index (χ1n) is 9.03. The summed E-state index contributed by atoms with van der Waals surface area (Å²) in [5, 5.41) is 9.33. The van der Waals surface area contributed by atoms with Crippen molar-refractivity contribution < 1.29 is 23.1 Å². The van der Waals surface area contributed by atoms with E-state index < -0.39 is 23.3 Å². The van der Waals surface area contributed by atoms with Gasteiger partial charge in [0.05, 0.1) is 22.5 Å². The highest BCUT2D eigenvalue weighted by atomic mass is 19.4. The summed E-state index contributed by atoms with van der Waals surface area (Å²) in [4.78, 5) is 33.4. The van der Waals surface area contributed by atoms with E-state index in [9.17, 15) is 27.9 Å². The van der Waals surface area contributed by atoms with Crippen LogP contribution in [0.3, 0.4) is 0 Å². The van der Waals surface area contributed by atoms with Crippen LogP contribution < -0.4 is 5.56 Å². The zero-order chi connectivity index (χ0) is 22.2. The maximum Gasteiger partial charge on any atom is 0.417 e. The second-order valence-electron chi connectivity index (χ2n) is 6.68. The Bertz CT molecular complexity index is 1330. The lowest BCUT2D eigenvalue weighted by molar-refractivity contribution is -0.138. The van der Waals surface area contributed by atoms with E-state index in [1.807, 2.05) is 6.07 Å². The first-order valence-corrected chi connectivity index (χ1v) is 9.03. The Balaban J connectivity index is 1.95. The smallest absolute Gasteiger partial charge is 0.417 e. The molecule has 0 saturated carbocycles. The zero-order valence-corrected chi connectivity index (χ0v) is 15.7. The predicted molar refractivity (Wildman–Crippen MR) is 107 cm³/mol. The van der Waals surface area contributed by atoms with E-state index in [4.69, 9.17) is 0 Å². The number of carbonyl (C=O) groups is 1. The van der Waals surface area contributed by atoms with Crippen LogP contribution in [0.5, 0.6) is 0 Å². The average molecular weight is 425 g/mol. The van der Waals surface area contributed by atoms with Gasteiger partial charge in [-0.25, -0.2) is 9.78 Å². The molecule has 0 atom stereocenters. The molecule has 0 aliphatic carbocycles. The first kappa shape index (κ1) is 20.1. The van der Waals surface area contributed by atoms with Crippen molar-refractivity contribution in [3.05, 3.63) is 88.3 Å². The summed E-state index contributed by atoms with van der Waals surface area (Å²) in [7, 11) is 0. The van der Waals surface area contributed by atoms with Crippen LogP contribution in [0.1, 0.15) is 15.9 Å². The zero-order valence-electron chi connectivity index (χ0n) is 15.7. The number of imidazole rings is 1. The van der Waals surface area contributed by atoms with Gasteiger partial charge in [0.15, 0.2) is 0 Å². The number of alkyl halides is 3. The summed E-state index contributed by atoms with van der Waals surface area (Å²) < 4.78 is 39.7. The summed E-state index contributed by atoms with van der Waals surface area (Å²) in [6.07, 6.45) is -3.39. The van der Waals surface area contributed by atoms with Gasteiger partial charge in [0.25, 0.3) is 0 Å². The SMILES string of the molecule is O=C(O)c1cc(-c2nc(-c3ccccc3)[nH]c2-c2cc[nH]c(=O)c2)ccc1C(F)(F)F. The van der Waals surface area contributed by atoms with Crippen LogP contribution >= 0.6 is 0 Å². The molecule has 156 valence electrons. The van der Waals surface area contributed by atoms with Crippen molar-refractivity contribution in [3.8, 4) is 33.9 Å². The quantitative estimate of drug-likeness (QED) is 0.437. The molecule has 9 heteroatoms. The third-order valence-corrected chi connectivity index (χ3v) is 4.64. The lowest BCUT2D eigenvalue weighted by atomic mass is 9.99. The third-order valence-electron chi connectivity index (χ3n) is 4.64. The molecule has 31 heavy (non-hydrogen) atoms. The van der Waals surface area contributed by atoms with Gasteiger partial charge in [-0.1, -0.05) is 36.4 Å². The largest absolute Gasteiger partial charge is 0.478 e. The molecule has 0 radical (unpaired) electrons. The second kappa shape index (κ2) is 7.60. The Morgan fingerprint density at radius 1 is 0.935 bits per heavy atom. The second-order valence-corrected chi connectivity index (χ2v) is 6.68. The molecule has 0 spiro atoms. The first-order chi connectivity index (χ1) is 14.7. The number of rotatable bonds is 4. The van der Waals surface area contributed by atoms with Gasteiger partial charge in [0, 0.05) is 29.0 Å². The van der Waals surface area contributed by atoms with Crippen LogP contribution in [-0.4, -0.2) is 26.0 Å². The molecule has 2 aromatic carbocycles. The Kier molecular flexibility index (Phi) is 4.94. The molecule has 6 nitrogen and oxygen atoms in total. The number of carboxylic acids is 1. The summed E-state index contributed by atoms with van der Waals surface area (Å²) in [5.41, 5.74) is -0.583. The third kappa shape index (κ3) is 3.97. The molecule has 0 unspecified atom stereocenters. The summed E-state index contributed by atoms with van der Waals surface area (Å²) >= 11 is 0. The molecule has 0 fully saturated rings. The number of hydrogen-bond acceptors (Lipinski definition) is 3. The van der Waals surface area contributed by atoms with Gasteiger partial charge in [-0.2, -0.15) is 13.2 Å². The number of aromatic nitrogens is 3. The van der Waals surface area contributed by atoms with Gasteiger partial charge in [-0.15, -0.1) is 0 Å². The van der Waals surface area contributed by atoms with Crippen molar-refractivity contribution in [2.45, 2.75) is 6.18 Å². The minimum absolute atomic E-state index is 0.166. The van der Waals surface area contributed by atoms with E-state index in [1.165, 1.54) is 12.3 Å². The minimum atomic E-state index is -4.82. The van der Waals surface area contributed by atoms with Gasteiger partial charge >= 0.3 is 12.1 Å². The Labute approximate surface area is 173 Å². The van der Waals surface area contributed by atoms with Crippen LogP contribution in [0.4, 0.5) is 13.2 Å². The standard InChI is InChI=1S/C22H14F3N3O3/c23-22(24,25)16-7-6-13(10-15(16)21(30)31)18-19(14-8-9-26-17(29)11-14)28-20(27-18)12-4-2-1-3-5-12/h1-11H,(H,26,29)(H,27,28)(H,30,31). The molecule has 0 aliphatic rings. The summed E-state index contributed by atoms with van der Waals surface area (Å²) in [5.74, 6) is -1.28. The molecular formula is C22H14F3N3O3. The van der Waals surface area contributed by atoms with Crippen LogP contribution in [0.15, 0.2) is 71.7 Å². The number of benzene rings is 2. The summed E-state index contributed by atoms with van der Waals surface area (Å²) in [6.45, 7) is 0. The van der Waals surface area contributed by atoms with Crippen LogP contribution in [-0.2, 0) is 6.18 Å². The molecular weight excluding hydrogens is 411 g/mol. The number of hydrogen-bond donors (Lipinski definition) is 3. The van der Waals surface area contributed by atoms with Gasteiger partial charge < -0.3 is 15.1 Å². The Morgan fingerprint density at radius 2 is 1.68 bits per heavy atom. The number of aromatic carboxylic acids is 1. The molecule has 0 amide bonds. The highest BCUT2D eigenvalue weighted by Gasteiger charge is 2.35. The van der Waals surface area contributed by atoms with Crippen molar-refractivity contribution in [2.75, 3.05) is 0 Å². The number of nitrogens with one attached hydrogen (secondary N) is 2. The fourth-order valence-corrected chi connectivity index (χ4v) is 3.24. The molecule has 0 aliphatic heterocycles. The lowest BCUT2D eigenvalue weighted by Gasteiger charge is -2.11. The molecule has 0 saturated heterocycles. The van der Waals surface area contributed by atoms with Crippen molar-refractivity contribution >= 4 is 5.97 Å². The molecule has 2 aromatic heterocycles. The van der Waals surface area contributed by atoms with Crippen LogP contribution in [0.25, 0.3) is 33.9 Å². The van der Waals surface area contributed by atoms with Gasteiger partial charge in [0.2, 0.25) is 5.56 Å². The van der Waals surface area contributed by atoms with Crippen LogP contribution in [0, 0.1) is 0 Å². The van der Waals surface area contributed by atoms with E-state index in [2.05, 4.69) is 15.0 Å². The molecule has 4 rings (SSSR count). The van der Waals surface area contributed by atoms with E-state index in [1.54, 1.807) is 30.3 Å². The Morgan fingerprint density at radius 3 is 2.32 bits per heavy atom. The number of aromatic amines is 2. The highest BCUT2D eigenvalue weighted by Crippen LogP contribution is 2.37. The molecule has 0 bridgehead atoms. The monoisotopic (exact) mass is 425 g/mol. The maximum atomic E-state index is 13.2. The van der Waals surface area contributed by atoms with Crippen molar-refractivity contribution in [1.82, 2.24) is 15.0 Å². The molecule has 3 N–H and O–H groups in total. The average Bonchev–Trinajstić information content (AvgIpc) is 3.19. The normalized spacial score (nSPS) is 11.5. The number of nitrogens with zero attached hydrogens (tertiary/aromatic N) is 1. The maximum absolute atomic E-state index is 13.2. The molecule has 4 aromatic rings. The Hall–Kier alpha value is -4.14. The van der Waals surface area contributed by atoms with Crippen molar-refractivity contribution in [1.29, 1.82) is 0 Å². The van der Waals surface area contributed by atoms with E-state index in [-0.39, 0.29) is 16.8 Å². The van der Waals surface area contributed by atoms with Gasteiger partial charge in [0.1, 0.15) is 5.82 Å². The number of halogens is 3. The fourth-order valence-electron chi connectivity index (χ4n) is 3.24. The number of pyridine rings is 1. The van der Waals surface area contributed by atoms with Crippen molar-refractivity contribution in [3.63, 3.8) is 0 Å². The number of H-pyrrole nitrogens is 2. The molecule has 2 heterocycles. The summed E-state index contributed by atoms with van der Waals surface area (Å²) in [6, 6.07) is 14.7. The van der Waals surface area contributed by atoms with Crippen molar-refractivity contribution in [2.24, 2.45) is 0 Å². The minimum Gasteiger partial charge on any atom is -0.478 e. The number of carboxylic acid groups (broad SMARTS) is 1. The van der Waals surface area contributed by atoms with E-state index in [0.29, 0.717) is 22.6 Å². The van der Waals surface area contributed by atoms with E-state index in [0.717, 1.165) is 18.2 Å². The fraction of sp³-hybridized carbons (Fsp3) is 0.0455.